The van der Waals surface area contributed by atoms with Gasteiger partial charge in [-0.1, -0.05) is 17.7 Å². The molecule has 0 radical (unpaired) electrons. The van der Waals surface area contributed by atoms with Crippen molar-refractivity contribution in [1.82, 2.24) is 4.31 Å². The largest absolute Gasteiger partial charge is 0.375 e. The Morgan fingerprint density at radius 3 is 2.60 bits per heavy atom. The first-order valence-electron chi connectivity index (χ1n) is 6.57. The van der Waals surface area contributed by atoms with Crippen LogP contribution < -0.4 is 0 Å². The van der Waals surface area contributed by atoms with Crippen LogP contribution in [0.4, 0.5) is 0 Å². The van der Waals surface area contributed by atoms with Crippen molar-refractivity contribution in [3.05, 3.63) is 29.8 Å². The summed E-state index contributed by atoms with van der Waals surface area (Å²) in [5.41, 5.74) is 1.01. The number of Topliss-reactive ketones (excluding diaryl/α,β-unsaturated/α-hetero) is 1. The number of ketones is 1. The summed E-state index contributed by atoms with van der Waals surface area (Å²) >= 11 is 0. The lowest BCUT2D eigenvalue weighted by molar-refractivity contribution is -0.121. The molecule has 5 nitrogen and oxygen atoms in total. The minimum absolute atomic E-state index is 0.00424. The van der Waals surface area contributed by atoms with Gasteiger partial charge in [0.1, 0.15) is 5.78 Å². The van der Waals surface area contributed by atoms with Crippen LogP contribution in [0.1, 0.15) is 18.9 Å². The Morgan fingerprint density at radius 2 is 2.00 bits per heavy atom. The van der Waals surface area contributed by atoms with Crippen LogP contribution in [0.2, 0.25) is 0 Å². The van der Waals surface area contributed by atoms with E-state index < -0.39 is 10.0 Å². The van der Waals surface area contributed by atoms with Gasteiger partial charge < -0.3 is 4.74 Å². The van der Waals surface area contributed by atoms with Gasteiger partial charge in [-0.25, -0.2) is 8.42 Å². The van der Waals surface area contributed by atoms with E-state index in [4.69, 9.17) is 4.74 Å². The number of sulfonamides is 1. The molecule has 1 aromatic carbocycles. The van der Waals surface area contributed by atoms with Crippen LogP contribution >= 0.6 is 0 Å². The third-order valence-corrected chi connectivity index (χ3v) is 5.15. The quantitative estimate of drug-likeness (QED) is 0.842. The number of nitrogens with zero attached hydrogens (tertiary/aromatic N) is 1. The Morgan fingerprint density at radius 1 is 1.35 bits per heavy atom. The van der Waals surface area contributed by atoms with E-state index in [0.29, 0.717) is 13.2 Å². The highest BCUT2D eigenvalue weighted by Crippen LogP contribution is 2.20. The Balaban J connectivity index is 2.16. The van der Waals surface area contributed by atoms with E-state index in [1.165, 1.54) is 11.2 Å². The van der Waals surface area contributed by atoms with Crippen LogP contribution in [0.3, 0.4) is 0 Å². The summed E-state index contributed by atoms with van der Waals surface area (Å²) in [7, 11) is -3.51. The zero-order valence-corrected chi connectivity index (χ0v) is 12.5. The highest BCUT2D eigenvalue weighted by molar-refractivity contribution is 7.89. The van der Waals surface area contributed by atoms with Gasteiger partial charge in [0.2, 0.25) is 10.0 Å². The van der Waals surface area contributed by atoms with Crippen molar-refractivity contribution < 1.29 is 17.9 Å². The molecule has 0 aromatic heterocycles. The maximum atomic E-state index is 12.5. The second-order valence-corrected chi connectivity index (χ2v) is 7.01. The maximum Gasteiger partial charge on any atom is 0.243 e. The summed E-state index contributed by atoms with van der Waals surface area (Å²) < 4.78 is 31.9. The second-order valence-electron chi connectivity index (χ2n) is 5.08. The monoisotopic (exact) mass is 297 g/mol. The first-order chi connectivity index (χ1) is 9.39. The number of hydrogen-bond acceptors (Lipinski definition) is 4. The molecule has 0 spiro atoms. The Labute approximate surface area is 119 Å². The lowest BCUT2D eigenvalue weighted by Gasteiger charge is -2.31. The Bertz CT molecular complexity index is 580. The van der Waals surface area contributed by atoms with Gasteiger partial charge in [-0.05, 0) is 26.0 Å². The third-order valence-electron chi connectivity index (χ3n) is 3.28. The number of carbonyl (C=O) groups is 1. The Kier molecular flexibility index (Phi) is 4.57. The van der Waals surface area contributed by atoms with E-state index in [9.17, 15) is 13.2 Å². The van der Waals surface area contributed by atoms with Crippen molar-refractivity contribution in [1.29, 1.82) is 0 Å². The summed E-state index contributed by atoms with van der Waals surface area (Å²) in [6.07, 6.45) is -0.0959. The predicted octanol–water partition coefficient (Wildman–Crippen LogP) is 1.36. The number of aryl methyl sites for hydroxylation is 1. The molecule has 0 saturated carbocycles. The summed E-state index contributed by atoms with van der Waals surface area (Å²) in [5.74, 6) is 0.00424. The average molecular weight is 297 g/mol. The van der Waals surface area contributed by atoms with Gasteiger partial charge >= 0.3 is 0 Å². The molecule has 0 bridgehead atoms. The van der Waals surface area contributed by atoms with Gasteiger partial charge in [-0.15, -0.1) is 0 Å². The molecule has 0 N–H and O–H groups in total. The average Bonchev–Trinajstić information content (AvgIpc) is 2.39. The van der Waals surface area contributed by atoms with Crippen molar-refractivity contribution in [3.8, 4) is 0 Å². The van der Waals surface area contributed by atoms with Crippen LogP contribution in [-0.4, -0.2) is 44.3 Å². The third kappa shape index (κ3) is 3.45. The van der Waals surface area contributed by atoms with Crippen molar-refractivity contribution in [2.75, 3.05) is 19.7 Å². The number of rotatable bonds is 4. The summed E-state index contributed by atoms with van der Waals surface area (Å²) in [6, 6.07) is 6.78. The summed E-state index contributed by atoms with van der Waals surface area (Å²) in [6.45, 7) is 4.27. The van der Waals surface area contributed by atoms with Gasteiger partial charge in [-0.3, -0.25) is 4.79 Å². The first kappa shape index (κ1) is 15.2. The van der Waals surface area contributed by atoms with Crippen molar-refractivity contribution in [2.24, 2.45) is 0 Å². The standard InChI is InChI=1S/C14H19NO4S/c1-11-3-5-14(6-4-11)20(17,18)15-7-8-19-13(10-15)9-12(2)16/h3-6,13H,7-10H2,1-2H3. The molecule has 1 atom stereocenters. The topological polar surface area (TPSA) is 63.7 Å². The van der Waals surface area contributed by atoms with E-state index in [-0.39, 0.29) is 29.7 Å². The van der Waals surface area contributed by atoms with Gasteiger partial charge in [0.15, 0.2) is 0 Å². The molecule has 20 heavy (non-hydrogen) atoms. The van der Waals surface area contributed by atoms with Crippen LogP contribution in [0.15, 0.2) is 29.2 Å². The molecule has 1 heterocycles. The molecule has 2 rings (SSSR count). The lowest BCUT2D eigenvalue weighted by atomic mass is 10.2. The van der Waals surface area contributed by atoms with Crippen LogP contribution in [0.25, 0.3) is 0 Å². The van der Waals surface area contributed by atoms with Crippen molar-refractivity contribution in [3.63, 3.8) is 0 Å². The normalized spacial score (nSPS) is 20.8. The van der Waals surface area contributed by atoms with Crippen molar-refractivity contribution >= 4 is 15.8 Å². The fourth-order valence-corrected chi connectivity index (χ4v) is 3.67. The predicted molar refractivity (Wildman–Crippen MR) is 75.0 cm³/mol. The minimum atomic E-state index is -3.51. The molecule has 0 aliphatic carbocycles. The van der Waals surface area contributed by atoms with Gasteiger partial charge in [-0.2, -0.15) is 4.31 Å². The van der Waals surface area contributed by atoms with E-state index in [1.807, 2.05) is 6.92 Å². The van der Waals surface area contributed by atoms with E-state index in [1.54, 1.807) is 24.3 Å². The number of benzene rings is 1. The number of carbonyl (C=O) groups excluding carboxylic acids is 1. The molecule has 1 saturated heterocycles. The first-order valence-corrected chi connectivity index (χ1v) is 8.01. The number of ether oxygens (including phenoxy) is 1. The molecule has 1 aliphatic heterocycles. The summed E-state index contributed by atoms with van der Waals surface area (Å²) in [5, 5.41) is 0. The van der Waals surface area contributed by atoms with Crippen LogP contribution in [-0.2, 0) is 19.6 Å². The van der Waals surface area contributed by atoms with Crippen LogP contribution in [0.5, 0.6) is 0 Å². The highest BCUT2D eigenvalue weighted by atomic mass is 32.2. The number of hydrogen-bond donors (Lipinski definition) is 0. The SMILES string of the molecule is CC(=O)CC1CN(S(=O)(=O)c2ccc(C)cc2)CCO1. The highest BCUT2D eigenvalue weighted by Gasteiger charge is 2.31. The molecule has 1 aromatic rings. The molecular formula is C14H19NO4S. The molecular weight excluding hydrogens is 278 g/mol. The zero-order chi connectivity index (χ0) is 14.8. The van der Waals surface area contributed by atoms with Crippen LogP contribution in [0, 0.1) is 6.92 Å². The summed E-state index contributed by atoms with van der Waals surface area (Å²) in [4.78, 5) is 11.4. The van der Waals surface area contributed by atoms with Gasteiger partial charge in [0.25, 0.3) is 0 Å². The van der Waals surface area contributed by atoms with Crippen molar-refractivity contribution in [2.45, 2.75) is 31.3 Å². The molecule has 0 amide bonds. The van der Waals surface area contributed by atoms with Gasteiger partial charge in [0, 0.05) is 19.5 Å². The fourth-order valence-electron chi connectivity index (χ4n) is 2.21. The number of morpholine rings is 1. The van der Waals surface area contributed by atoms with E-state index in [2.05, 4.69) is 0 Å². The van der Waals surface area contributed by atoms with E-state index in [0.717, 1.165) is 5.56 Å². The second kappa shape index (κ2) is 6.03. The van der Waals surface area contributed by atoms with Gasteiger partial charge in [0.05, 0.1) is 17.6 Å². The Hall–Kier alpha value is -1.24. The molecule has 1 fully saturated rings. The maximum absolute atomic E-state index is 12.5. The molecule has 1 aliphatic rings. The minimum Gasteiger partial charge on any atom is -0.375 e. The van der Waals surface area contributed by atoms with E-state index >= 15 is 0 Å². The smallest absolute Gasteiger partial charge is 0.243 e. The zero-order valence-electron chi connectivity index (χ0n) is 11.7. The lowest BCUT2D eigenvalue weighted by Crippen LogP contribution is -2.46. The fraction of sp³-hybridized carbons (Fsp3) is 0.500. The molecule has 6 heteroatoms. The molecule has 1 unspecified atom stereocenters. The molecule has 110 valence electrons.